The number of carbonyl (C=O) groups excluding carboxylic acids is 3. The molecule has 0 spiro atoms. The average Bonchev–Trinajstić information content (AvgIpc) is 3.35. The van der Waals surface area contributed by atoms with E-state index in [0.29, 0.717) is 19.3 Å². The van der Waals surface area contributed by atoms with E-state index in [4.69, 9.17) is 14.2 Å². The number of hydrogen-bond donors (Lipinski definition) is 0. The van der Waals surface area contributed by atoms with Crippen molar-refractivity contribution in [3.63, 3.8) is 0 Å². The number of esters is 3. The molecule has 0 rings (SSSR count). The first-order chi connectivity index (χ1) is 34.0. The highest BCUT2D eigenvalue weighted by Crippen LogP contribution is 2.18. The van der Waals surface area contributed by atoms with Gasteiger partial charge in [0.2, 0.25) is 0 Å². The Kier molecular flexibility index (Phi) is 57.6. The fraction of sp³-hybridized carbons (Fsp3) is 0.952. The zero-order chi connectivity index (χ0) is 50.0. The molecule has 0 saturated carbocycles. The molecular formula is C63H122O6. The quantitative estimate of drug-likeness (QED) is 0.0343. The van der Waals surface area contributed by atoms with Crippen LogP contribution in [0.3, 0.4) is 0 Å². The van der Waals surface area contributed by atoms with Gasteiger partial charge in [0, 0.05) is 19.3 Å². The molecule has 0 aliphatic rings. The van der Waals surface area contributed by atoms with Crippen molar-refractivity contribution >= 4 is 17.9 Å². The lowest BCUT2D eigenvalue weighted by molar-refractivity contribution is -0.167. The molecule has 0 N–H and O–H groups in total. The minimum atomic E-state index is -0.761. The molecule has 6 nitrogen and oxygen atoms in total. The van der Waals surface area contributed by atoms with E-state index in [9.17, 15) is 14.4 Å². The summed E-state index contributed by atoms with van der Waals surface area (Å²) in [5.41, 5.74) is 0. The summed E-state index contributed by atoms with van der Waals surface area (Å²) in [5.74, 6) is -0.827. The van der Waals surface area contributed by atoms with Crippen molar-refractivity contribution < 1.29 is 28.6 Å². The van der Waals surface area contributed by atoms with Gasteiger partial charge in [0.1, 0.15) is 13.2 Å². The van der Waals surface area contributed by atoms with E-state index in [2.05, 4.69) is 20.8 Å². The summed E-state index contributed by atoms with van der Waals surface area (Å²) in [6.07, 6.45) is 66.8. The molecule has 0 fully saturated rings. The van der Waals surface area contributed by atoms with Gasteiger partial charge in [-0.3, -0.25) is 14.4 Å². The molecule has 0 aliphatic carbocycles. The Balaban J connectivity index is 4.22. The number of rotatable bonds is 59. The Bertz CT molecular complexity index is 1030. The lowest BCUT2D eigenvalue weighted by Crippen LogP contribution is -2.30. The summed E-state index contributed by atoms with van der Waals surface area (Å²) < 4.78 is 16.9. The Morgan fingerprint density at radius 3 is 0.580 bits per heavy atom. The van der Waals surface area contributed by atoms with Crippen LogP contribution >= 0.6 is 0 Å². The van der Waals surface area contributed by atoms with Gasteiger partial charge in [0.05, 0.1) is 0 Å². The maximum atomic E-state index is 12.9. The third kappa shape index (κ3) is 57.2. The van der Waals surface area contributed by atoms with Crippen molar-refractivity contribution in [1.82, 2.24) is 0 Å². The van der Waals surface area contributed by atoms with Gasteiger partial charge in [-0.25, -0.2) is 0 Å². The van der Waals surface area contributed by atoms with Crippen molar-refractivity contribution in [3.05, 3.63) is 0 Å². The molecule has 0 radical (unpaired) electrons. The molecule has 0 saturated heterocycles. The first-order valence-corrected chi connectivity index (χ1v) is 31.5. The van der Waals surface area contributed by atoms with E-state index in [1.165, 1.54) is 270 Å². The van der Waals surface area contributed by atoms with Gasteiger partial charge in [-0.05, 0) is 19.3 Å². The third-order valence-corrected chi connectivity index (χ3v) is 14.6. The zero-order valence-electron chi connectivity index (χ0n) is 47.1. The standard InChI is InChI=1S/C63H122O6/c1-4-7-10-13-16-19-22-25-27-29-30-31-32-34-36-39-41-44-47-50-53-56-62(65)68-59-60(69-63(66)57-54-51-48-45-42-37-24-21-18-15-12-9-6-3)58-67-61(64)55-52-49-46-43-40-38-35-33-28-26-23-20-17-14-11-8-5-2/h60H,4-59H2,1-3H3. The van der Waals surface area contributed by atoms with Gasteiger partial charge < -0.3 is 14.2 Å². The van der Waals surface area contributed by atoms with Crippen LogP contribution in [0.4, 0.5) is 0 Å². The second-order valence-electron chi connectivity index (χ2n) is 21.7. The van der Waals surface area contributed by atoms with Crippen LogP contribution < -0.4 is 0 Å². The molecule has 0 aromatic heterocycles. The maximum absolute atomic E-state index is 12.9. The molecule has 0 bridgehead atoms. The molecule has 0 aromatic rings. The van der Waals surface area contributed by atoms with Gasteiger partial charge in [-0.15, -0.1) is 0 Å². The van der Waals surface area contributed by atoms with Crippen molar-refractivity contribution in [2.75, 3.05) is 13.2 Å². The minimum Gasteiger partial charge on any atom is -0.462 e. The summed E-state index contributed by atoms with van der Waals surface area (Å²) >= 11 is 0. The average molecular weight is 976 g/mol. The Morgan fingerprint density at radius 1 is 0.232 bits per heavy atom. The van der Waals surface area contributed by atoms with Gasteiger partial charge in [-0.1, -0.05) is 329 Å². The monoisotopic (exact) mass is 975 g/mol. The van der Waals surface area contributed by atoms with E-state index in [1.807, 2.05) is 0 Å². The Labute approximate surface area is 431 Å². The molecule has 1 atom stereocenters. The number of hydrogen-bond acceptors (Lipinski definition) is 6. The summed E-state index contributed by atoms with van der Waals surface area (Å²) in [6.45, 7) is 6.72. The van der Waals surface area contributed by atoms with Gasteiger partial charge in [-0.2, -0.15) is 0 Å². The molecule has 6 heteroatoms. The Hall–Kier alpha value is -1.59. The smallest absolute Gasteiger partial charge is 0.306 e. The lowest BCUT2D eigenvalue weighted by atomic mass is 10.0. The summed E-state index contributed by atoms with van der Waals surface area (Å²) in [4.78, 5) is 38.2. The fourth-order valence-electron chi connectivity index (χ4n) is 9.86. The van der Waals surface area contributed by atoms with E-state index in [1.54, 1.807) is 0 Å². The molecular weight excluding hydrogens is 853 g/mol. The summed E-state index contributed by atoms with van der Waals surface area (Å²) in [5, 5.41) is 0. The first-order valence-electron chi connectivity index (χ1n) is 31.5. The van der Waals surface area contributed by atoms with E-state index < -0.39 is 6.10 Å². The second-order valence-corrected chi connectivity index (χ2v) is 21.7. The largest absolute Gasteiger partial charge is 0.462 e. The van der Waals surface area contributed by atoms with Crippen molar-refractivity contribution in [2.24, 2.45) is 0 Å². The number of carbonyl (C=O) groups is 3. The summed E-state index contributed by atoms with van der Waals surface area (Å²) in [7, 11) is 0. The molecule has 0 amide bonds. The van der Waals surface area contributed by atoms with E-state index in [-0.39, 0.29) is 31.1 Å². The van der Waals surface area contributed by atoms with Crippen molar-refractivity contribution in [1.29, 1.82) is 0 Å². The molecule has 1 unspecified atom stereocenters. The van der Waals surface area contributed by atoms with Gasteiger partial charge >= 0.3 is 17.9 Å². The van der Waals surface area contributed by atoms with E-state index >= 15 is 0 Å². The van der Waals surface area contributed by atoms with Crippen LogP contribution in [-0.2, 0) is 28.6 Å². The van der Waals surface area contributed by atoms with Crippen LogP contribution in [0.2, 0.25) is 0 Å². The highest BCUT2D eigenvalue weighted by Gasteiger charge is 2.19. The normalized spacial score (nSPS) is 11.9. The fourth-order valence-corrected chi connectivity index (χ4v) is 9.86. The SMILES string of the molecule is CCCCCCCCCCCCCCCCCCCCCCCC(=O)OCC(COC(=O)CCCCCCCCCCCCCCCCCCC)OC(=O)CCCCCCCCCCCCCCC. The van der Waals surface area contributed by atoms with E-state index in [0.717, 1.165) is 57.8 Å². The predicted octanol–water partition coefficient (Wildman–Crippen LogP) is 21.1. The highest BCUT2D eigenvalue weighted by molar-refractivity contribution is 5.71. The van der Waals surface area contributed by atoms with Crippen LogP contribution in [0.25, 0.3) is 0 Å². The Morgan fingerprint density at radius 2 is 0.391 bits per heavy atom. The van der Waals surface area contributed by atoms with Gasteiger partial charge in [0.15, 0.2) is 6.10 Å². The molecule has 0 aromatic carbocycles. The molecule has 0 heterocycles. The third-order valence-electron chi connectivity index (χ3n) is 14.6. The molecule has 0 aliphatic heterocycles. The van der Waals surface area contributed by atoms with Crippen LogP contribution in [0.15, 0.2) is 0 Å². The summed E-state index contributed by atoms with van der Waals surface area (Å²) in [6, 6.07) is 0. The van der Waals surface area contributed by atoms with Crippen molar-refractivity contribution in [2.45, 2.75) is 374 Å². The lowest BCUT2D eigenvalue weighted by Gasteiger charge is -2.18. The van der Waals surface area contributed by atoms with Crippen LogP contribution in [0.5, 0.6) is 0 Å². The van der Waals surface area contributed by atoms with Crippen molar-refractivity contribution in [3.8, 4) is 0 Å². The second kappa shape index (κ2) is 59.0. The highest BCUT2D eigenvalue weighted by atomic mass is 16.6. The number of ether oxygens (including phenoxy) is 3. The van der Waals surface area contributed by atoms with Crippen LogP contribution in [0, 0.1) is 0 Å². The van der Waals surface area contributed by atoms with Crippen LogP contribution in [0.1, 0.15) is 367 Å². The molecule has 410 valence electrons. The molecule has 69 heavy (non-hydrogen) atoms. The minimum absolute atomic E-state index is 0.0607. The van der Waals surface area contributed by atoms with Gasteiger partial charge in [0.25, 0.3) is 0 Å². The first kappa shape index (κ1) is 67.4. The zero-order valence-corrected chi connectivity index (χ0v) is 47.1. The topological polar surface area (TPSA) is 78.9 Å². The predicted molar refractivity (Wildman–Crippen MR) is 298 cm³/mol. The maximum Gasteiger partial charge on any atom is 0.306 e. The number of unbranched alkanes of at least 4 members (excludes halogenated alkanes) is 48. The van der Waals surface area contributed by atoms with Crippen LogP contribution in [-0.4, -0.2) is 37.2 Å².